The minimum atomic E-state index is -1.06. The molecule has 2 aliphatic carbocycles. The summed E-state index contributed by atoms with van der Waals surface area (Å²) >= 11 is 0. The quantitative estimate of drug-likeness (QED) is 0.780. The van der Waals surface area contributed by atoms with Crippen molar-refractivity contribution in [2.24, 2.45) is 5.92 Å². The summed E-state index contributed by atoms with van der Waals surface area (Å²) in [6.07, 6.45) is 0.358. The van der Waals surface area contributed by atoms with Gasteiger partial charge >= 0.3 is 0 Å². The Kier molecular flexibility index (Phi) is 2.92. The largest absolute Gasteiger partial charge is 0.369 e. The molecule has 0 radical (unpaired) electrons. The lowest BCUT2D eigenvalue weighted by atomic mass is 9.90. The fourth-order valence-corrected chi connectivity index (χ4v) is 4.17. The van der Waals surface area contributed by atoms with Crippen molar-refractivity contribution in [3.05, 3.63) is 0 Å². The third-order valence-corrected chi connectivity index (χ3v) is 4.48. The van der Waals surface area contributed by atoms with Gasteiger partial charge in [-0.15, -0.1) is 0 Å². The van der Waals surface area contributed by atoms with Gasteiger partial charge in [0.15, 0.2) is 6.17 Å². The van der Waals surface area contributed by atoms with Crippen molar-refractivity contribution in [1.82, 2.24) is 0 Å². The molecule has 0 amide bonds. The number of fused-ring (bicyclic) bond motifs is 3. The summed E-state index contributed by atoms with van der Waals surface area (Å²) in [6.45, 7) is 12.2. The van der Waals surface area contributed by atoms with Gasteiger partial charge in [-0.1, -0.05) is 0 Å². The summed E-state index contributed by atoms with van der Waals surface area (Å²) in [6, 6.07) is 0. The highest BCUT2D eigenvalue weighted by molar-refractivity contribution is 5.29. The van der Waals surface area contributed by atoms with Crippen molar-refractivity contribution in [2.45, 2.75) is 89.1 Å². The van der Waals surface area contributed by atoms with E-state index in [1.165, 1.54) is 0 Å². The Morgan fingerprint density at radius 3 is 2.00 bits per heavy atom. The van der Waals surface area contributed by atoms with E-state index in [9.17, 15) is 4.39 Å². The minimum Gasteiger partial charge on any atom is -0.369 e. The van der Waals surface area contributed by atoms with Crippen LogP contribution in [0.4, 0.5) is 4.39 Å². The number of rotatable bonds is 2. The molecule has 5 atom stereocenters. The van der Waals surface area contributed by atoms with E-state index >= 15 is 0 Å². The molecule has 3 fully saturated rings. The van der Waals surface area contributed by atoms with Crippen LogP contribution in [0.15, 0.2) is 0 Å². The molecule has 2 saturated carbocycles. The third-order valence-electron chi connectivity index (χ3n) is 4.48. The van der Waals surface area contributed by atoms with E-state index in [0.29, 0.717) is 12.3 Å². The first kappa shape index (κ1) is 14.7. The number of hydrogen-bond acceptors (Lipinski definition) is 3. The number of ether oxygens (including phenoxy) is 3. The zero-order valence-corrected chi connectivity index (χ0v) is 13.5. The summed E-state index contributed by atoms with van der Waals surface area (Å²) in [5, 5.41) is 0. The number of halogens is 1. The molecule has 0 aromatic heterocycles. The summed E-state index contributed by atoms with van der Waals surface area (Å²) in [5.74, 6) is 0.368. The molecule has 4 heteroatoms. The fourth-order valence-electron chi connectivity index (χ4n) is 4.17. The zero-order valence-electron chi connectivity index (χ0n) is 13.5. The number of alkyl halides is 1. The summed E-state index contributed by atoms with van der Waals surface area (Å²) < 4.78 is 32.8. The molecule has 3 nitrogen and oxygen atoms in total. The molecule has 3 rings (SSSR count). The average Bonchev–Trinajstić information content (AvgIpc) is 2.64. The van der Waals surface area contributed by atoms with Crippen LogP contribution in [0, 0.1) is 5.92 Å². The van der Waals surface area contributed by atoms with Gasteiger partial charge in [-0.25, -0.2) is 4.39 Å². The second kappa shape index (κ2) is 3.96. The lowest BCUT2D eigenvalue weighted by Gasteiger charge is -2.40. The summed E-state index contributed by atoms with van der Waals surface area (Å²) in [5.41, 5.74) is -1.77. The molecule has 0 aromatic carbocycles. The molecule has 116 valence electrons. The first-order valence-electron chi connectivity index (χ1n) is 7.65. The Morgan fingerprint density at radius 2 is 1.45 bits per heavy atom. The van der Waals surface area contributed by atoms with E-state index < -0.39 is 11.8 Å². The normalized spacial score (nSPS) is 47.2. The SMILES string of the molecule is CC(C)(C)O[C@]12C[C@H]1C[C@@]1(OC(C)(C)C)[C@@H]2OC[C@H]1F. The van der Waals surface area contributed by atoms with Crippen LogP contribution in [0.5, 0.6) is 0 Å². The van der Waals surface area contributed by atoms with E-state index in [1.54, 1.807) is 0 Å². The van der Waals surface area contributed by atoms with Crippen LogP contribution in [0.2, 0.25) is 0 Å². The molecule has 3 aliphatic rings. The highest BCUT2D eigenvalue weighted by atomic mass is 19.1. The Balaban J connectivity index is 1.88. The van der Waals surface area contributed by atoms with Crippen LogP contribution in [0.1, 0.15) is 54.4 Å². The van der Waals surface area contributed by atoms with Gasteiger partial charge in [0.2, 0.25) is 0 Å². The van der Waals surface area contributed by atoms with Crippen LogP contribution >= 0.6 is 0 Å². The molecule has 0 bridgehead atoms. The average molecular weight is 286 g/mol. The maximum atomic E-state index is 14.6. The van der Waals surface area contributed by atoms with Gasteiger partial charge in [-0.05, 0) is 60.3 Å². The first-order chi connectivity index (χ1) is 8.99. The molecule has 0 aromatic rings. The molecule has 20 heavy (non-hydrogen) atoms. The second-order valence-electron chi connectivity index (χ2n) is 8.62. The van der Waals surface area contributed by atoms with Gasteiger partial charge in [-0.3, -0.25) is 0 Å². The van der Waals surface area contributed by atoms with E-state index in [1.807, 2.05) is 41.5 Å². The minimum absolute atomic E-state index is 0.128. The predicted molar refractivity (Wildman–Crippen MR) is 74.5 cm³/mol. The van der Waals surface area contributed by atoms with E-state index in [2.05, 4.69) is 0 Å². The molecule has 0 unspecified atom stereocenters. The highest BCUT2D eigenvalue weighted by Gasteiger charge is 2.79. The van der Waals surface area contributed by atoms with Crippen molar-refractivity contribution in [1.29, 1.82) is 0 Å². The monoisotopic (exact) mass is 286 g/mol. The van der Waals surface area contributed by atoms with Crippen molar-refractivity contribution in [2.75, 3.05) is 6.61 Å². The molecule has 1 heterocycles. The maximum absolute atomic E-state index is 14.6. The molecule has 0 N–H and O–H groups in total. The van der Waals surface area contributed by atoms with Crippen molar-refractivity contribution in [3.63, 3.8) is 0 Å². The van der Waals surface area contributed by atoms with Crippen LogP contribution < -0.4 is 0 Å². The van der Waals surface area contributed by atoms with Gasteiger partial charge in [0.05, 0.1) is 17.8 Å². The Hall–Kier alpha value is -0.190. The molecular formula is C16H27FO3. The summed E-state index contributed by atoms with van der Waals surface area (Å²) in [4.78, 5) is 0. The van der Waals surface area contributed by atoms with Crippen molar-refractivity contribution in [3.8, 4) is 0 Å². The Labute approximate surface area is 121 Å². The smallest absolute Gasteiger partial charge is 0.155 e. The highest BCUT2D eigenvalue weighted by Crippen LogP contribution is 2.68. The topological polar surface area (TPSA) is 27.7 Å². The van der Waals surface area contributed by atoms with Crippen LogP contribution in [-0.4, -0.2) is 41.3 Å². The standard InChI is InChI=1S/C16H27FO3/c1-13(2,3)19-15-7-10(15)8-16(20-14(4,5)6)11(17)9-18-12(15)16/h10-12H,7-9H2,1-6H3/t10-,11+,12+,15+,16-/m0/s1. The van der Waals surface area contributed by atoms with Crippen molar-refractivity contribution >= 4 is 0 Å². The second-order valence-corrected chi connectivity index (χ2v) is 8.62. The van der Waals surface area contributed by atoms with Gasteiger partial charge in [0, 0.05) is 0 Å². The van der Waals surface area contributed by atoms with Gasteiger partial charge < -0.3 is 14.2 Å². The predicted octanol–water partition coefficient (Wildman–Crippen LogP) is 3.25. The number of hydrogen-bond donors (Lipinski definition) is 0. The lowest BCUT2D eigenvalue weighted by Crippen LogP contribution is -2.54. The fraction of sp³-hybridized carbons (Fsp3) is 1.00. The van der Waals surface area contributed by atoms with Crippen LogP contribution in [0.3, 0.4) is 0 Å². The van der Waals surface area contributed by atoms with Gasteiger partial charge in [0.25, 0.3) is 0 Å². The van der Waals surface area contributed by atoms with E-state index in [0.717, 1.165) is 6.42 Å². The van der Waals surface area contributed by atoms with E-state index in [4.69, 9.17) is 14.2 Å². The third kappa shape index (κ3) is 2.11. The van der Waals surface area contributed by atoms with Gasteiger partial charge in [0.1, 0.15) is 17.3 Å². The lowest BCUT2D eigenvalue weighted by molar-refractivity contribution is -0.203. The van der Waals surface area contributed by atoms with Gasteiger partial charge in [-0.2, -0.15) is 0 Å². The molecule has 1 aliphatic heterocycles. The summed E-state index contributed by atoms with van der Waals surface area (Å²) in [7, 11) is 0. The maximum Gasteiger partial charge on any atom is 0.155 e. The first-order valence-corrected chi connectivity index (χ1v) is 7.65. The van der Waals surface area contributed by atoms with E-state index in [-0.39, 0.29) is 29.5 Å². The van der Waals surface area contributed by atoms with Crippen molar-refractivity contribution < 1.29 is 18.6 Å². The Bertz CT molecular complexity index is 411. The Morgan fingerprint density at radius 1 is 0.950 bits per heavy atom. The van der Waals surface area contributed by atoms with Crippen LogP contribution in [-0.2, 0) is 14.2 Å². The zero-order chi connectivity index (χ0) is 15.0. The molecule has 1 saturated heterocycles. The van der Waals surface area contributed by atoms with Crippen LogP contribution in [0.25, 0.3) is 0 Å². The molecular weight excluding hydrogens is 259 g/mol. The molecule has 0 spiro atoms.